The fourth-order valence-corrected chi connectivity index (χ4v) is 1.88. The van der Waals surface area contributed by atoms with Gasteiger partial charge in [-0.15, -0.1) is 6.58 Å². The van der Waals surface area contributed by atoms with Crippen molar-refractivity contribution < 1.29 is 4.79 Å². The SMILES string of the molecule is C=CCNC1C(=O)N(C)c2ccccc21. The van der Waals surface area contributed by atoms with Gasteiger partial charge in [0.05, 0.1) is 0 Å². The summed E-state index contributed by atoms with van der Waals surface area (Å²) in [4.78, 5) is 13.6. The Morgan fingerprint density at radius 1 is 1.53 bits per heavy atom. The Kier molecular flexibility index (Phi) is 2.56. The predicted molar refractivity (Wildman–Crippen MR) is 60.8 cm³/mol. The molecule has 2 rings (SSSR count). The molecular formula is C12H14N2O. The van der Waals surface area contributed by atoms with Gasteiger partial charge in [-0.1, -0.05) is 24.3 Å². The Morgan fingerprint density at radius 3 is 3.00 bits per heavy atom. The maximum Gasteiger partial charge on any atom is 0.248 e. The molecule has 3 nitrogen and oxygen atoms in total. The van der Waals surface area contributed by atoms with Crippen LogP contribution in [0.5, 0.6) is 0 Å². The summed E-state index contributed by atoms with van der Waals surface area (Å²) in [6.07, 6.45) is 1.76. The van der Waals surface area contributed by atoms with Crippen LogP contribution in [0.25, 0.3) is 0 Å². The van der Waals surface area contributed by atoms with Gasteiger partial charge in [0.1, 0.15) is 6.04 Å². The lowest BCUT2D eigenvalue weighted by Gasteiger charge is -2.11. The average Bonchev–Trinajstić information content (AvgIpc) is 2.51. The molecule has 0 aliphatic carbocycles. The van der Waals surface area contributed by atoms with Crippen molar-refractivity contribution in [1.29, 1.82) is 0 Å². The number of nitrogens with one attached hydrogen (secondary N) is 1. The summed E-state index contributed by atoms with van der Waals surface area (Å²) < 4.78 is 0. The number of hydrogen-bond donors (Lipinski definition) is 1. The second kappa shape index (κ2) is 3.87. The fourth-order valence-electron chi connectivity index (χ4n) is 1.88. The number of anilines is 1. The van der Waals surface area contributed by atoms with E-state index in [1.54, 1.807) is 18.0 Å². The summed E-state index contributed by atoms with van der Waals surface area (Å²) in [5.41, 5.74) is 2.04. The molecule has 0 spiro atoms. The van der Waals surface area contributed by atoms with Gasteiger partial charge in [0.15, 0.2) is 0 Å². The van der Waals surface area contributed by atoms with E-state index in [9.17, 15) is 4.79 Å². The number of rotatable bonds is 3. The highest BCUT2D eigenvalue weighted by molar-refractivity contribution is 6.04. The molecule has 1 N–H and O–H groups in total. The molecule has 1 atom stereocenters. The van der Waals surface area contributed by atoms with Crippen LogP contribution in [0, 0.1) is 0 Å². The van der Waals surface area contributed by atoms with Crippen molar-refractivity contribution in [2.45, 2.75) is 6.04 Å². The topological polar surface area (TPSA) is 32.3 Å². The van der Waals surface area contributed by atoms with Crippen molar-refractivity contribution >= 4 is 11.6 Å². The van der Waals surface area contributed by atoms with Gasteiger partial charge in [-0.25, -0.2) is 0 Å². The fraction of sp³-hybridized carbons (Fsp3) is 0.250. The molecule has 0 saturated carbocycles. The van der Waals surface area contributed by atoms with E-state index in [0.717, 1.165) is 11.3 Å². The Hall–Kier alpha value is -1.61. The first-order valence-corrected chi connectivity index (χ1v) is 4.96. The Bertz CT molecular complexity index is 400. The van der Waals surface area contributed by atoms with Gasteiger partial charge in [-0.05, 0) is 6.07 Å². The summed E-state index contributed by atoms with van der Waals surface area (Å²) >= 11 is 0. The zero-order valence-electron chi connectivity index (χ0n) is 8.73. The van der Waals surface area contributed by atoms with Crippen LogP contribution < -0.4 is 10.2 Å². The zero-order chi connectivity index (χ0) is 10.8. The summed E-state index contributed by atoms with van der Waals surface area (Å²) in [6.45, 7) is 4.27. The summed E-state index contributed by atoms with van der Waals surface area (Å²) in [7, 11) is 1.80. The maximum atomic E-state index is 11.9. The number of likely N-dealkylation sites (N-methyl/N-ethyl adjacent to an activating group) is 1. The molecule has 0 radical (unpaired) electrons. The Morgan fingerprint density at radius 2 is 2.27 bits per heavy atom. The van der Waals surface area contributed by atoms with Crippen LogP contribution in [0.1, 0.15) is 11.6 Å². The molecule has 1 aliphatic heterocycles. The Balaban J connectivity index is 2.33. The maximum absolute atomic E-state index is 11.9. The van der Waals surface area contributed by atoms with Gasteiger partial charge in [-0.3, -0.25) is 10.1 Å². The lowest BCUT2D eigenvalue weighted by Crippen LogP contribution is -2.32. The van der Waals surface area contributed by atoms with Gasteiger partial charge >= 0.3 is 0 Å². The minimum Gasteiger partial charge on any atom is -0.313 e. The van der Waals surface area contributed by atoms with E-state index >= 15 is 0 Å². The third kappa shape index (κ3) is 1.55. The van der Waals surface area contributed by atoms with Crippen LogP contribution in [0.15, 0.2) is 36.9 Å². The number of nitrogens with zero attached hydrogens (tertiary/aromatic N) is 1. The number of carbonyl (C=O) groups excluding carboxylic acids is 1. The van der Waals surface area contributed by atoms with E-state index in [-0.39, 0.29) is 11.9 Å². The van der Waals surface area contributed by atoms with Crippen molar-refractivity contribution in [2.24, 2.45) is 0 Å². The number of fused-ring (bicyclic) bond motifs is 1. The molecule has 0 fully saturated rings. The van der Waals surface area contributed by atoms with Gasteiger partial charge in [0.2, 0.25) is 5.91 Å². The molecule has 0 saturated heterocycles. The predicted octanol–water partition coefficient (Wildman–Crippen LogP) is 1.48. The van der Waals surface area contributed by atoms with Crippen LogP contribution in [-0.4, -0.2) is 19.5 Å². The van der Waals surface area contributed by atoms with E-state index in [1.165, 1.54) is 0 Å². The first kappa shape index (κ1) is 9.93. The molecular weight excluding hydrogens is 188 g/mol. The highest BCUT2D eigenvalue weighted by Crippen LogP contribution is 2.34. The van der Waals surface area contributed by atoms with Gasteiger partial charge < -0.3 is 4.90 Å². The van der Waals surface area contributed by atoms with Crippen molar-refractivity contribution in [3.63, 3.8) is 0 Å². The molecule has 1 heterocycles. The van der Waals surface area contributed by atoms with E-state index in [2.05, 4.69) is 11.9 Å². The monoisotopic (exact) mass is 202 g/mol. The van der Waals surface area contributed by atoms with E-state index in [1.807, 2.05) is 24.3 Å². The standard InChI is InChI=1S/C12H14N2O/c1-3-8-13-11-9-6-4-5-7-10(9)14(2)12(11)15/h3-7,11,13H,1,8H2,2H3. The van der Waals surface area contributed by atoms with Crippen LogP contribution in [0.2, 0.25) is 0 Å². The molecule has 3 heteroatoms. The van der Waals surface area contributed by atoms with Crippen LogP contribution in [0.4, 0.5) is 5.69 Å². The van der Waals surface area contributed by atoms with Crippen molar-refractivity contribution in [1.82, 2.24) is 5.32 Å². The highest BCUT2D eigenvalue weighted by atomic mass is 16.2. The van der Waals surface area contributed by atoms with Crippen LogP contribution in [0.3, 0.4) is 0 Å². The molecule has 1 amide bonds. The lowest BCUT2D eigenvalue weighted by molar-refractivity contribution is -0.119. The minimum atomic E-state index is -0.218. The van der Waals surface area contributed by atoms with Crippen LogP contribution >= 0.6 is 0 Å². The van der Waals surface area contributed by atoms with Crippen LogP contribution in [-0.2, 0) is 4.79 Å². The summed E-state index contributed by atoms with van der Waals surface area (Å²) in [5, 5.41) is 3.16. The largest absolute Gasteiger partial charge is 0.313 e. The normalized spacial score (nSPS) is 19.1. The second-order valence-corrected chi connectivity index (χ2v) is 3.59. The summed E-state index contributed by atoms with van der Waals surface area (Å²) in [6, 6.07) is 7.62. The summed E-state index contributed by atoms with van der Waals surface area (Å²) in [5.74, 6) is 0.0954. The lowest BCUT2D eigenvalue weighted by atomic mass is 10.1. The van der Waals surface area contributed by atoms with Crippen molar-refractivity contribution in [2.75, 3.05) is 18.5 Å². The quantitative estimate of drug-likeness (QED) is 0.753. The molecule has 15 heavy (non-hydrogen) atoms. The second-order valence-electron chi connectivity index (χ2n) is 3.59. The Labute approximate surface area is 89.4 Å². The molecule has 0 aromatic heterocycles. The van der Waals surface area contributed by atoms with E-state index in [0.29, 0.717) is 6.54 Å². The van der Waals surface area contributed by atoms with E-state index < -0.39 is 0 Å². The number of para-hydroxylation sites is 1. The first-order chi connectivity index (χ1) is 7.25. The number of amides is 1. The van der Waals surface area contributed by atoms with Gasteiger partial charge in [-0.2, -0.15) is 0 Å². The van der Waals surface area contributed by atoms with Crippen molar-refractivity contribution in [3.8, 4) is 0 Å². The zero-order valence-corrected chi connectivity index (χ0v) is 8.73. The molecule has 0 bridgehead atoms. The smallest absolute Gasteiger partial charge is 0.248 e. The number of benzene rings is 1. The molecule has 1 aliphatic rings. The van der Waals surface area contributed by atoms with E-state index in [4.69, 9.17) is 0 Å². The number of hydrogen-bond acceptors (Lipinski definition) is 2. The average molecular weight is 202 g/mol. The molecule has 1 aromatic carbocycles. The third-order valence-corrected chi connectivity index (χ3v) is 2.65. The number of carbonyl (C=O) groups is 1. The minimum absolute atomic E-state index is 0.0954. The first-order valence-electron chi connectivity index (χ1n) is 4.96. The van der Waals surface area contributed by atoms with Gasteiger partial charge in [0, 0.05) is 24.8 Å². The molecule has 78 valence electrons. The molecule has 1 unspecified atom stereocenters. The van der Waals surface area contributed by atoms with Gasteiger partial charge in [0.25, 0.3) is 0 Å². The molecule has 1 aromatic rings. The third-order valence-electron chi connectivity index (χ3n) is 2.65. The highest BCUT2D eigenvalue weighted by Gasteiger charge is 2.33. The van der Waals surface area contributed by atoms with Crippen molar-refractivity contribution in [3.05, 3.63) is 42.5 Å².